The van der Waals surface area contributed by atoms with Crippen LogP contribution in [0.3, 0.4) is 0 Å². The van der Waals surface area contributed by atoms with E-state index in [0.29, 0.717) is 12.1 Å². The van der Waals surface area contributed by atoms with Gasteiger partial charge >= 0.3 is 12.0 Å². The molecule has 0 aliphatic rings. The molecule has 0 bridgehead atoms. The summed E-state index contributed by atoms with van der Waals surface area (Å²) in [5.74, 6) is -1.00. The van der Waals surface area contributed by atoms with Gasteiger partial charge in [-0.15, -0.1) is 0 Å². The van der Waals surface area contributed by atoms with Crippen molar-refractivity contribution in [2.45, 2.75) is 59.6 Å². The SMILES string of the molecule is CC(C)C[C@@H](NC(=O)Nc1ccc(Br)cc1)C(=O)NCC(C)C(=O)OC(C)(C)C. The molecule has 1 aromatic rings. The molecule has 0 aliphatic heterocycles. The molecule has 0 fully saturated rings. The third-order valence-electron chi connectivity index (χ3n) is 3.82. The van der Waals surface area contributed by atoms with E-state index in [-0.39, 0.29) is 24.3 Å². The van der Waals surface area contributed by atoms with Crippen molar-refractivity contribution < 1.29 is 19.1 Å². The lowest BCUT2D eigenvalue weighted by atomic mass is 10.0. The van der Waals surface area contributed by atoms with Gasteiger partial charge in [-0.3, -0.25) is 9.59 Å². The smallest absolute Gasteiger partial charge is 0.319 e. The van der Waals surface area contributed by atoms with Crippen LogP contribution in [0.1, 0.15) is 48.0 Å². The molecule has 0 aromatic heterocycles. The van der Waals surface area contributed by atoms with Gasteiger partial charge in [0.25, 0.3) is 0 Å². The molecule has 3 N–H and O–H groups in total. The van der Waals surface area contributed by atoms with Crippen LogP contribution in [0.5, 0.6) is 0 Å². The molecule has 1 rings (SSSR count). The summed E-state index contributed by atoms with van der Waals surface area (Å²) in [5.41, 5.74) is 0.0373. The summed E-state index contributed by atoms with van der Waals surface area (Å²) < 4.78 is 6.23. The van der Waals surface area contributed by atoms with Crippen molar-refractivity contribution in [3.63, 3.8) is 0 Å². The fraction of sp³-hybridized carbons (Fsp3) is 0.571. The quantitative estimate of drug-likeness (QED) is 0.499. The van der Waals surface area contributed by atoms with E-state index < -0.39 is 23.6 Å². The first-order valence-corrected chi connectivity index (χ1v) is 10.5. The van der Waals surface area contributed by atoms with E-state index in [2.05, 4.69) is 31.9 Å². The van der Waals surface area contributed by atoms with Gasteiger partial charge < -0.3 is 20.7 Å². The third-order valence-corrected chi connectivity index (χ3v) is 4.35. The van der Waals surface area contributed by atoms with Gasteiger partial charge in [-0.05, 0) is 57.4 Å². The Bertz CT molecular complexity index is 699. The highest BCUT2D eigenvalue weighted by molar-refractivity contribution is 9.10. The fourth-order valence-corrected chi connectivity index (χ4v) is 2.69. The molecule has 0 radical (unpaired) electrons. The van der Waals surface area contributed by atoms with Crippen molar-refractivity contribution in [3.8, 4) is 0 Å². The maximum atomic E-state index is 12.6. The Morgan fingerprint density at radius 2 is 1.66 bits per heavy atom. The normalized spacial score (nSPS) is 13.4. The number of amides is 3. The average Bonchev–Trinajstić information content (AvgIpc) is 2.58. The fourth-order valence-electron chi connectivity index (χ4n) is 2.42. The number of halogens is 1. The zero-order valence-corrected chi connectivity index (χ0v) is 19.6. The number of hydrogen-bond donors (Lipinski definition) is 3. The summed E-state index contributed by atoms with van der Waals surface area (Å²) in [6.45, 7) is 11.2. The van der Waals surface area contributed by atoms with Crippen LogP contribution in [0, 0.1) is 11.8 Å². The minimum absolute atomic E-state index is 0.137. The standard InChI is InChI=1S/C21H32BrN3O4/c1-13(2)11-17(25-20(28)24-16-9-7-15(22)8-10-16)18(26)23-12-14(3)19(27)29-21(4,5)6/h7-10,13-14,17H,11-12H2,1-6H3,(H,23,26)(H2,24,25,28)/t14?,17-/m1/s1. The monoisotopic (exact) mass is 469 g/mol. The molecule has 3 amide bonds. The van der Waals surface area contributed by atoms with Crippen LogP contribution in [0.25, 0.3) is 0 Å². The summed E-state index contributed by atoms with van der Waals surface area (Å²) in [6.07, 6.45) is 0.473. The van der Waals surface area contributed by atoms with Gasteiger partial charge in [-0.1, -0.05) is 36.7 Å². The Kier molecular flexibility index (Phi) is 9.62. The first kappa shape index (κ1) is 24.9. The molecule has 7 nitrogen and oxygen atoms in total. The molecular weight excluding hydrogens is 438 g/mol. The highest BCUT2D eigenvalue weighted by Crippen LogP contribution is 2.14. The Morgan fingerprint density at radius 3 is 2.17 bits per heavy atom. The summed E-state index contributed by atoms with van der Waals surface area (Å²) in [7, 11) is 0. The summed E-state index contributed by atoms with van der Waals surface area (Å²) in [6, 6.07) is 5.95. The lowest BCUT2D eigenvalue weighted by molar-refractivity contribution is -0.159. The van der Waals surface area contributed by atoms with Gasteiger partial charge in [0.1, 0.15) is 11.6 Å². The molecule has 2 atom stereocenters. The van der Waals surface area contributed by atoms with Crippen molar-refractivity contribution in [1.82, 2.24) is 10.6 Å². The minimum atomic E-state index is -0.712. The molecular formula is C21H32BrN3O4. The predicted octanol–water partition coefficient (Wildman–Crippen LogP) is 4.08. The number of esters is 1. The predicted molar refractivity (Wildman–Crippen MR) is 118 cm³/mol. The summed E-state index contributed by atoms with van der Waals surface area (Å²) >= 11 is 3.34. The number of carbonyl (C=O) groups excluding carboxylic acids is 3. The van der Waals surface area contributed by atoms with Crippen LogP contribution < -0.4 is 16.0 Å². The Hall–Kier alpha value is -2.09. The second kappa shape index (κ2) is 11.2. The van der Waals surface area contributed by atoms with Crippen molar-refractivity contribution in [1.29, 1.82) is 0 Å². The highest BCUT2D eigenvalue weighted by atomic mass is 79.9. The Balaban J connectivity index is 2.64. The van der Waals surface area contributed by atoms with E-state index in [4.69, 9.17) is 4.74 Å². The van der Waals surface area contributed by atoms with Crippen LogP contribution >= 0.6 is 15.9 Å². The van der Waals surface area contributed by atoms with Gasteiger partial charge in [0.15, 0.2) is 0 Å². The average molecular weight is 470 g/mol. The van der Waals surface area contributed by atoms with E-state index in [9.17, 15) is 14.4 Å². The number of ether oxygens (including phenoxy) is 1. The van der Waals surface area contributed by atoms with Gasteiger partial charge in [0.2, 0.25) is 5.91 Å². The van der Waals surface area contributed by atoms with Crippen molar-refractivity contribution in [3.05, 3.63) is 28.7 Å². The summed E-state index contributed by atoms with van der Waals surface area (Å²) in [5, 5.41) is 8.17. The van der Waals surface area contributed by atoms with E-state index in [1.807, 2.05) is 26.0 Å². The van der Waals surface area contributed by atoms with Crippen molar-refractivity contribution in [2.24, 2.45) is 11.8 Å². The first-order valence-electron chi connectivity index (χ1n) is 9.71. The number of anilines is 1. The van der Waals surface area contributed by atoms with E-state index >= 15 is 0 Å². The lowest BCUT2D eigenvalue weighted by Crippen LogP contribution is -2.50. The number of benzene rings is 1. The van der Waals surface area contributed by atoms with Crippen LogP contribution in [-0.2, 0) is 14.3 Å². The van der Waals surface area contributed by atoms with E-state index in [0.717, 1.165) is 4.47 Å². The topological polar surface area (TPSA) is 96.5 Å². The van der Waals surface area contributed by atoms with Gasteiger partial charge in [0, 0.05) is 16.7 Å². The van der Waals surface area contributed by atoms with Gasteiger partial charge in [0.05, 0.1) is 5.92 Å². The molecule has 1 unspecified atom stereocenters. The second-order valence-corrected chi connectivity index (χ2v) is 9.38. The molecule has 0 heterocycles. The minimum Gasteiger partial charge on any atom is -0.460 e. The molecule has 0 spiro atoms. The molecule has 8 heteroatoms. The zero-order valence-electron chi connectivity index (χ0n) is 18.0. The second-order valence-electron chi connectivity index (χ2n) is 8.47. The molecule has 0 saturated heterocycles. The number of hydrogen-bond acceptors (Lipinski definition) is 4. The summed E-state index contributed by atoms with van der Waals surface area (Å²) in [4.78, 5) is 37.0. The number of rotatable bonds is 8. The zero-order chi connectivity index (χ0) is 22.2. The first-order chi connectivity index (χ1) is 13.4. The van der Waals surface area contributed by atoms with Crippen LogP contribution in [0.4, 0.5) is 10.5 Å². The molecule has 0 aliphatic carbocycles. The number of nitrogens with one attached hydrogen (secondary N) is 3. The van der Waals surface area contributed by atoms with Crippen LogP contribution in [0.2, 0.25) is 0 Å². The Labute approximate surface area is 181 Å². The van der Waals surface area contributed by atoms with E-state index in [1.165, 1.54) is 0 Å². The highest BCUT2D eigenvalue weighted by Gasteiger charge is 2.25. The van der Waals surface area contributed by atoms with Crippen LogP contribution in [0.15, 0.2) is 28.7 Å². The molecule has 162 valence electrons. The molecule has 29 heavy (non-hydrogen) atoms. The maximum Gasteiger partial charge on any atom is 0.319 e. The van der Waals surface area contributed by atoms with Crippen molar-refractivity contribution >= 4 is 39.5 Å². The largest absolute Gasteiger partial charge is 0.460 e. The van der Waals surface area contributed by atoms with Crippen LogP contribution in [-0.4, -0.2) is 36.1 Å². The number of urea groups is 1. The van der Waals surface area contributed by atoms with Gasteiger partial charge in [-0.2, -0.15) is 0 Å². The number of carbonyl (C=O) groups is 3. The molecule has 0 saturated carbocycles. The van der Waals surface area contributed by atoms with Crippen molar-refractivity contribution in [2.75, 3.05) is 11.9 Å². The third kappa shape index (κ3) is 10.3. The molecule has 1 aromatic carbocycles. The van der Waals surface area contributed by atoms with Gasteiger partial charge in [-0.25, -0.2) is 4.79 Å². The Morgan fingerprint density at radius 1 is 1.07 bits per heavy atom. The lowest BCUT2D eigenvalue weighted by Gasteiger charge is -2.24. The maximum absolute atomic E-state index is 12.6. The van der Waals surface area contributed by atoms with E-state index in [1.54, 1.807) is 39.8 Å².